The molecule has 2 nitrogen and oxygen atoms in total. The molecule has 0 aliphatic carbocycles. The van der Waals surface area contributed by atoms with Crippen molar-refractivity contribution in [1.29, 1.82) is 0 Å². The highest BCUT2D eigenvalue weighted by Gasteiger charge is 2.11. The van der Waals surface area contributed by atoms with Crippen LogP contribution in [0.1, 0.15) is 90.4 Å². The van der Waals surface area contributed by atoms with Crippen molar-refractivity contribution in [1.82, 2.24) is 0 Å². The van der Waals surface area contributed by atoms with E-state index >= 15 is 0 Å². The molecule has 1 unspecified atom stereocenters. The van der Waals surface area contributed by atoms with Crippen molar-refractivity contribution in [3.8, 4) is 0 Å². The second-order valence-electron chi connectivity index (χ2n) is 5.83. The van der Waals surface area contributed by atoms with E-state index in [1.165, 1.54) is 57.8 Å². The predicted molar refractivity (Wildman–Crippen MR) is 92.1 cm³/mol. The molecule has 0 aliphatic rings. The van der Waals surface area contributed by atoms with Crippen molar-refractivity contribution in [2.24, 2.45) is 0 Å². The molecule has 0 aromatic carbocycles. The van der Waals surface area contributed by atoms with Crippen LogP contribution in [0.15, 0.2) is 12.2 Å². The van der Waals surface area contributed by atoms with Crippen LogP contribution >= 0.6 is 11.6 Å². The quantitative estimate of drug-likeness (QED) is 0.218. The Morgan fingerprint density at radius 2 is 1.38 bits per heavy atom. The van der Waals surface area contributed by atoms with Crippen LogP contribution in [-0.4, -0.2) is 16.5 Å². The zero-order chi connectivity index (χ0) is 15.8. The summed E-state index contributed by atoms with van der Waals surface area (Å²) in [4.78, 5) is 10.5. The molecule has 0 spiro atoms. The van der Waals surface area contributed by atoms with E-state index in [4.69, 9.17) is 16.7 Å². The van der Waals surface area contributed by atoms with E-state index < -0.39 is 11.3 Å². The van der Waals surface area contributed by atoms with Crippen molar-refractivity contribution in [3.05, 3.63) is 12.2 Å². The van der Waals surface area contributed by atoms with Crippen LogP contribution in [0.5, 0.6) is 0 Å². The molecule has 0 radical (unpaired) electrons. The predicted octanol–water partition coefficient (Wildman–Crippen LogP) is 6.33. The topological polar surface area (TPSA) is 37.3 Å². The van der Waals surface area contributed by atoms with Crippen LogP contribution in [0, 0.1) is 0 Å². The molecule has 21 heavy (non-hydrogen) atoms. The largest absolute Gasteiger partial charge is 0.480 e. The number of rotatable bonds is 15. The summed E-state index contributed by atoms with van der Waals surface area (Å²) in [6, 6.07) is 0. The zero-order valence-corrected chi connectivity index (χ0v) is 14.4. The summed E-state index contributed by atoms with van der Waals surface area (Å²) >= 11 is 5.66. The summed E-state index contributed by atoms with van der Waals surface area (Å²) in [7, 11) is 0. The van der Waals surface area contributed by atoms with Gasteiger partial charge >= 0.3 is 5.97 Å². The third-order valence-electron chi connectivity index (χ3n) is 3.74. The summed E-state index contributed by atoms with van der Waals surface area (Å²) in [6.07, 6.45) is 20.1. The molecule has 1 atom stereocenters. The minimum atomic E-state index is -0.894. The van der Waals surface area contributed by atoms with Crippen molar-refractivity contribution in [2.75, 3.05) is 0 Å². The van der Waals surface area contributed by atoms with Gasteiger partial charge in [0, 0.05) is 0 Å². The van der Waals surface area contributed by atoms with Gasteiger partial charge in [0.15, 0.2) is 0 Å². The molecule has 0 bridgehead atoms. The van der Waals surface area contributed by atoms with E-state index in [1.807, 2.05) is 0 Å². The Bertz CT molecular complexity index is 264. The summed E-state index contributed by atoms with van der Waals surface area (Å²) in [5, 5.41) is 7.94. The molecule has 0 rings (SSSR count). The number of hydrogen-bond acceptors (Lipinski definition) is 1. The van der Waals surface area contributed by atoms with Gasteiger partial charge in [-0.15, -0.1) is 11.6 Å². The molecule has 0 heterocycles. The Labute approximate surface area is 136 Å². The van der Waals surface area contributed by atoms with Gasteiger partial charge in [-0.05, 0) is 32.1 Å². The molecular formula is C18H33ClO2. The van der Waals surface area contributed by atoms with Crippen molar-refractivity contribution >= 4 is 17.6 Å². The molecule has 0 amide bonds. The first-order valence-electron chi connectivity index (χ1n) is 8.70. The lowest BCUT2D eigenvalue weighted by Crippen LogP contribution is -2.12. The molecule has 0 aromatic rings. The first-order valence-corrected chi connectivity index (χ1v) is 9.14. The van der Waals surface area contributed by atoms with Crippen LogP contribution in [-0.2, 0) is 4.79 Å². The van der Waals surface area contributed by atoms with Gasteiger partial charge in [0.25, 0.3) is 0 Å². The average Bonchev–Trinajstić information content (AvgIpc) is 2.47. The minimum absolute atomic E-state index is 0.588. The number of carboxylic acid groups (broad SMARTS) is 1. The van der Waals surface area contributed by atoms with E-state index in [1.54, 1.807) is 0 Å². The number of allylic oxidation sites excluding steroid dienone is 2. The maximum atomic E-state index is 10.5. The fourth-order valence-electron chi connectivity index (χ4n) is 2.34. The lowest BCUT2D eigenvalue weighted by molar-refractivity contribution is -0.136. The molecule has 0 aromatic heterocycles. The fourth-order valence-corrected chi connectivity index (χ4v) is 2.50. The number of aliphatic carboxylic acids is 1. The highest BCUT2D eigenvalue weighted by Crippen LogP contribution is 2.12. The molecule has 0 saturated heterocycles. The summed E-state index contributed by atoms with van der Waals surface area (Å²) < 4.78 is 0. The number of hydrogen-bond donors (Lipinski definition) is 1. The monoisotopic (exact) mass is 316 g/mol. The third-order valence-corrected chi connectivity index (χ3v) is 4.14. The minimum Gasteiger partial charge on any atom is -0.480 e. The molecule has 124 valence electrons. The SMILES string of the molecule is CCCCCCCC/C=C/CCCCCCC(Cl)C(=O)O. The van der Waals surface area contributed by atoms with Gasteiger partial charge in [-0.2, -0.15) is 0 Å². The Morgan fingerprint density at radius 1 is 0.905 bits per heavy atom. The van der Waals surface area contributed by atoms with Gasteiger partial charge in [-0.25, -0.2) is 0 Å². The first kappa shape index (κ1) is 20.5. The Balaban J connectivity index is 3.17. The van der Waals surface area contributed by atoms with Gasteiger partial charge in [-0.1, -0.05) is 70.4 Å². The smallest absolute Gasteiger partial charge is 0.321 e. The molecule has 0 fully saturated rings. The number of carboxylic acids is 1. The maximum absolute atomic E-state index is 10.5. The van der Waals surface area contributed by atoms with Gasteiger partial charge in [0.1, 0.15) is 5.38 Å². The number of carbonyl (C=O) groups is 1. The van der Waals surface area contributed by atoms with Crippen LogP contribution in [0.2, 0.25) is 0 Å². The van der Waals surface area contributed by atoms with E-state index in [9.17, 15) is 4.79 Å². The Hall–Kier alpha value is -0.500. The summed E-state index contributed by atoms with van der Waals surface area (Å²) in [5.41, 5.74) is 0. The number of alkyl halides is 1. The second-order valence-corrected chi connectivity index (χ2v) is 6.35. The number of unbranched alkanes of at least 4 members (excludes halogenated alkanes) is 10. The van der Waals surface area contributed by atoms with Crippen LogP contribution < -0.4 is 0 Å². The summed E-state index contributed by atoms with van der Waals surface area (Å²) in [6.45, 7) is 2.25. The van der Waals surface area contributed by atoms with Crippen molar-refractivity contribution < 1.29 is 9.90 Å². The highest BCUT2D eigenvalue weighted by atomic mass is 35.5. The normalized spacial score (nSPS) is 12.9. The fraction of sp³-hybridized carbons (Fsp3) is 0.833. The summed E-state index contributed by atoms with van der Waals surface area (Å²) in [5.74, 6) is -0.894. The van der Waals surface area contributed by atoms with Crippen molar-refractivity contribution in [3.63, 3.8) is 0 Å². The molecular weight excluding hydrogens is 284 g/mol. The zero-order valence-electron chi connectivity index (χ0n) is 13.7. The molecule has 3 heteroatoms. The van der Waals surface area contributed by atoms with E-state index in [-0.39, 0.29) is 0 Å². The van der Waals surface area contributed by atoms with Crippen LogP contribution in [0.3, 0.4) is 0 Å². The third kappa shape index (κ3) is 15.7. The molecule has 0 saturated carbocycles. The lowest BCUT2D eigenvalue weighted by Gasteiger charge is -2.03. The van der Waals surface area contributed by atoms with E-state index in [2.05, 4.69) is 19.1 Å². The Kier molecular flexibility index (Phi) is 15.5. The van der Waals surface area contributed by atoms with Crippen LogP contribution in [0.25, 0.3) is 0 Å². The standard InChI is InChI=1S/C18H33ClO2/c1-2-3-4-5-6-7-8-9-10-11-12-13-14-15-16-17(19)18(20)21/h9-10,17H,2-8,11-16H2,1H3,(H,20,21)/b10-9+. The number of halogens is 1. The average molecular weight is 317 g/mol. The Morgan fingerprint density at radius 3 is 1.90 bits per heavy atom. The van der Waals surface area contributed by atoms with Gasteiger partial charge in [0.2, 0.25) is 0 Å². The van der Waals surface area contributed by atoms with E-state index in [0.717, 1.165) is 19.3 Å². The van der Waals surface area contributed by atoms with Gasteiger partial charge in [0.05, 0.1) is 0 Å². The maximum Gasteiger partial charge on any atom is 0.321 e. The van der Waals surface area contributed by atoms with E-state index in [0.29, 0.717) is 6.42 Å². The lowest BCUT2D eigenvalue weighted by atomic mass is 10.1. The van der Waals surface area contributed by atoms with Crippen LogP contribution in [0.4, 0.5) is 0 Å². The first-order chi connectivity index (χ1) is 10.2. The highest BCUT2D eigenvalue weighted by molar-refractivity contribution is 6.29. The van der Waals surface area contributed by atoms with Crippen molar-refractivity contribution in [2.45, 2.75) is 95.8 Å². The molecule has 1 N–H and O–H groups in total. The molecule has 0 aliphatic heterocycles. The second kappa shape index (κ2) is 15.9. The van der Waals surface area contributed by atoms with Gasteiger partial charge < -0.3 is 5.11 Å². The van der Waals surface area contributed by atoms with Gasteiger partial charge in [-0.3, -0.25) is 4.79 Å².